The van der Waals surface area contributed by atoms with Gasteiger partial charge in [0.05, 0.1) is 6.10 Å². The molecular weight excluding hydrogens is 304 g/mol. The van der Waals surface area contributed by atoms with Gasteiger partial charge in [0, 0.05) is 31.2 Å². The highest BCUT2D eigenvalue weighted by Gasteiger charge is 2.48. The largest absolute Gasteiger partial charge is 0.481 e. The number of piperidine rings is 1. The molecule has 24 heavy (non-hydrogen) atoms. The van der Waals surface area contributed by atoms with Gasteiger partial charge in [0.15, 0.2) is 0 Å². The average Bonchev–Trinajstić information content (AvgIpc) is 2.58. The SMILES string of the molecule is Cc1cnccc1N1CC[C@](Cc2ccccc2)(C(=O)O)[C@@H](O)C1. The number of anilines is 1. The lowest BCUT2D eigenvalue weighted by Crippen LogP contribution is -2.56. The van der Waals surface area contributed by atoms with Crippen molar-refractivity contribution in [1.82, 2.24) is 4.98 Å². The molecule has 0 unspecified atom stereocenters. The molecule has 5 heteroatoms. The summed E-state index contributed by atoms with van der Waals surface area (Å²) in [7, 11) is 0. The lowest BCUT2D eigenvalue weighted by atomic mass is 9.71. The van der Waals surface area contributed by atoms with Crippen LogP contribution in [-0.2, 0) is 11.2 Å². The second-order valence-corrected chi connectivity index (χ2v) is 6.50. The van der Waals surface area contributed by atoms with Crippen molar-refractivity contribution in [3.8, 4) is 0 Å². The molecule has 1 saturated heterocycles. The molecule has 2 atom stereocenters. The van der Waals surface area contributed by atoms with Gasteiger partial charge in [0.1, 0.15) is 5.41 Å². The van der Waals surface area contributed by atoms with E-state index in [4.69, 9.17) is 0 Å². The Morgan fingerprint density at radius 2 is 2.08 bits per heavy atom. The van der Waals surface area contributed by atoms with Crippen molar-refractivity contribution in [3.05, 3.63) is 59.9 Å². The number of hydrogen-bond acceptors (Lipinski definition) is 4. The van der Waals surface area contributed by atoms with Crippen LogP contribution in [-0.4, -0.2) is 40.4 Å². The van der Waals surface area contributed by atoms with Crippen LogP contribution in [0.5, 0.6) is 0 Å². The molecule has 2 aromatic rings. The molecular formula is C19H22N2O3. The highest BCUT2D eigenvalue weighted by Crippen LogP contribution is 2.37. The van der Waals surface area contributed by atoms with Gasteiger partial charge >= 0.3 is 5.97 Å². The molecule has 2 N–H and O–H groups in total. The molecule has 0 amide bonds. The van der Waals surface area contributed by atoms with Crippen LogP contribution < -0.4 is 4.90 Å². The Bertz CT molecular complexity index is 720. The van der Waals surface area contributed by atoms with Crippen LogP contribution in [0.2, 0.25) is 0 Å². The Labute approximate surface area is 141 Å². The van der Waals surface area contributed by atoms with E-state index in [1.54, 1.807) is 12.4 Å². The van der Waals surface area contributed by atoms with E-state index >= 15 is 0 Å². The van der Waals surface area contributed by atoms with Crippen LogP contribution in [0.25, 0.3) is 0 Å². The fraction of sp³-hybridized carbons (Fsp3) is 0.368. The van der Waals surface area contributed by atoms with E-state index in [0.29, 0.717) is 25.9 Å². The predicted molar refractivity (Wildman–Crippen MR) is 92.0 cm³/mol. The quantitative estimate of drug-likeness (QED) is 0.902. The van der Waals surface area contributed by atoms with E-state index in [-0.39, 0.29) is 0 Å². The van der Waals surface area contributed by atoms with Gasteiger partial charge in [-0.2, -0.15) is 0 Å². The molecule has 0 radical (unpaired) electrons. The summed E-state index contributed by atoms with van der Waals surface area (Å²) in [5, 5.41) is 20.6. The summed E-state index contributed by atoms with van der Waals surface area (Å²) in [6, 6.07) is 11.4. The number of aliphatic carboxylic acids is 1. The molecule has 5 nitrogen and oxygen atoms in total. The number of carboxylic acids is 1. The van der Waals surface area contributed by atoms with Crippen LogP contribution >= 0.6 is 0 Å². The first-order chi connectivity index (χ1) is 11.5. The Kier molecular flexibility index (Phi) is 4.53. The Balaban J connectivity index is 1.84. The third-order valence-corrected chi connectivity index (χ3v) is 4.98. The highest BCUT2D eigenvalue weighted by molar-refractivity contribution is 5.77. The normalized spacial score (nSPS) is 23.9. The molecule has 1 aromatic heterocycles. The fourth-order valence-electron chi connectivity index (χ4n) is 3.51. The number of β-amino-alcohol motifs (C(OH)–C–C–N with tert-alkyl or cyclic N) is 1. The zero-order valence-corrected chi connectivity index (χ0v) is 13.7. The molecule has 0 spiro atoms. The third-order valence-electron chi connectivity index (χ3n) is 4.98. The Morgan fingerprint density at radius 3 is 2.71 bits per heavy atom. The average molecular weight is 326 g/mol. The van der Waals surface area contributed by atoms with Crippen molar-refractivity contribution in [2.24, 2.45) is 5.41 Å². The number of aliphatic hydroxyl groups excluding tert-OH is 1. The Hall–Kier alpha value is -2.40. The van der Waals surface area contributed by atoms with Gasteiger partial charge in [-0.15, -0.1) is 0 Å². The third kappa shape index (κ3) is 2.99. The van der Waals surface area contributed by atoms with Crippen molar-refractivity contribution in [2.45, 2.75) is 25.9 Å². The first-order valence-electron chi connectivity index (χ1n) is 8.14. The second kappa shape index (κ2) is 6.61. The molecule has 0 saturated carbocycles. The first-order valence-corrected chi connectivity index (χ1v) is 8.14. The van der Waals surface area contributed by atoms with Crippen LogP contribution in [0.3, 0.4) is 0 Å². The summed E-state index contributed by atoms with van der Waals surface area (Å²) in [5.41, 5.74) is 1.82. The molecule has 0 bridgehead atoms. The molecule has 3 rings (SSSR count). The maximum Gasteiger partial charge on any atom is 0.312 e. The molecule has 1 fully saturated rings. The molecule has 2 heterocycles. The number of rotatable bonds is 4. The minimum atomic E-state index is -1.14. The summed E-state index contributed by atoms with van der Waals surface area (Å²) >= 11 is 0. The highest BCUT2D eigenvalue weighted by atomic mass is 16.4. The number of aromatic nitrogens is 1. The van der Waals surface area contributed by atoms with Gasteiger partial charge in [-0.1, -0.05) is 30.3 Å². The van der Waals surface area contributed by atoms with E-state index in [0.717, 1.165) is 16.8 Å². The van der Waals surface area contributed by atoms with Crippen molar-refractivity contribution in [1.29, 1.82) is 0 Å². The lowest BCUT2D eigenvalue weighted by Gasteiger charge is -2.44. The fourth-order valence-corrected chi connectivity index (χ4v) is 3.51. The van der Waals surface area contributed by atoms with Crippen LogP contribution in [0.1, 0.15) is 17.5 Å². The zero-order chi connectivity index (χ0) is 17.2. The number of pyridine rings is 1. The van der Waals surface area contributed by atoms with E-state index in [2.05, 4.69) is 4.98 Å². The van der Waals surface area contributed by atoms with Crippen molar-refractivity contribution < 1.29 is 15.0 Å². The Morgan fingerprint density at radius 1 is 1.33 bits per heavy atom. The van der Waals surface area contributed by atoms with E-state index in [9.17, 15) is 15.0 Å². The van der Waals surface area contributed by atoms with Gasteiger partial charge in [-0.3, -0.25) is 9.78 Å². The summed E-state index contributed by atoms with van der Waals surface area (Å²) in [6.07, 6.45) is 3.31. The van der Waals surface area contributed by atoms with Gasteiger partial charge in [-0.05, 0) is 37.0 Å². The summed E-state index contributed by atoms with van der Waals surface area (Å²) < 4.78 is 0. The number of carboxylic acid groups (broad SMARTS) is 1. The number of nitrogens with zero attached hydrogens (tertiary/aromatic N) is 2. The number of carbonyl (C=O) groups is 1. The van der Waals surface area contributed by atoms with Crippen LogP contribution in [0, 0.1) is 12.3 Å². The number of aryl methyl sites for hydroxylation is 1. The summed E-state index contributed by atoms with van der Waals surface area (Å²) in [4.78, 5) is 18.2. The minimum Gasteiger partial charge on any atom is -0.481 e. The van der Waals surface area contributed by atoms with Crippen molar-refractivity contribution >= 4 is 11.7 Å². The van der Waals surface area contributed by atoms with Gasteiger partial charge < -0.3 is 15.1 Å². The summed E-state index contributed by atoms with van der Waals surface area (Å²) in [6.45, 7) is 2.88. The summed E-state index contributed by atoms with van der Waals surface area (Å²) in [5.74, 6) is -0.926. The van der Waals surface area contributed by atoms with E-state index in [1.165, 1.54) is 0 Å². The van der Waals surface area contributed by atoms with Gasteiger partial charge in [-0.25, -0.2) is 0 Å². The van der Waals surface area contributed by atoms with E-state index in [1.807, 2.05) is 48.2 Å². The van der Waals surface area contributed by atoms with Crippen LogP contribution in [0.15, 0.2) is 48.8 Å². The number of benzene rings is 1. The predicted octanol–water partition coefficient (Wildman–Crippen LogP) is 2.27. The standard InChI is InChI=1S/C19H22N2O3/c1-14-12-20-9-7-16(14)21-10-8-19(18(23)24,17(22)13-21)11-15-5-3-2-4-6-15/h2-7,9,12,17,22H,8,10-11,13H2,1H3,(H,23,24)/t17-,19+/m0/s1. The second-order valence-electron chi connectivity index (χ2n) is 6.50. The monoisotopic (exact) mass is 326 g/mol. The zero-order valence-electron chi connectivity index (χ0n) is 13.7. The lowest BCUT2D eigenvalue weighted by molar-refractivity contribution is -0.158. The molecule has 1 aliphatic rings. The number of hydrogen-bond donors (Lipinski definition) is 2. The minimum absolute atomic E-state index is 0.310. The van der Waals surface area contributed by atoms with Crippen molar-refractivity contribution in [2.75, 3.05) is 18.0 Å². The van der Waals surface area contributed by atoms with Gasteiger partial charge in [0.2, 0.25) is 0 Å². The molecule has 126 valence electrons. The smallest absolute Gasteiger partial charge is 0.312 e. The maximum absolute atomic E-state index is 12.0. The molecule has 1 aliphatic heterocycles. The van der Waals surface area contributed by atoms with Crippen LogP contribution in [0.4, 0.5) is 5.69 Å². The van der Waals surface area contributed by atoms with Gasteiger partial charge in [0.25, 0.3) is 0 Å². The molecule has 0 aliphatic carbocycles. The molecule has 1 aromatic carbocycles. The maximum atomic E-state index is 12.0. The topological polar surface area (TPSA) is 73.7 Å². The first kappa shape index (κ1) is 16.5. The van der Waals surface area contributed by atoms with Crippen molar-refractivity contribution in [3.63, 3.8) is 0 Å². The number of aliphatic hydroxyl groups is 1. The van der Waals surface area contributed by atoms with E-state index < -0.39 is 17.5 Å².